The summed E-state index contributed by atoms with van der Waals surface area (Å²) in [5.74, 6) is 0.521. The number of hydrogen-bond acceptors (Lipinski definition) is 4. The number of aliphatic hydroxyl groups excluding tert-OH is 1. The molecule has 106 valence electrons. The molecule has 1 unspecified atom stereocenters. The topological polar surface area (TPSA) is 58.6 Å². The maximum absolute atomic E-state index is 11.9. The van der Waals surface area contributed by atoms with Gasteiger partial charge in [-0.3, -0.25) is 4.79 Å². The number of aliphatic hydroxyl groups is 1. The van der Waals surface area contributed by atoms with Crippen LogP contribution in [-0.4, -0.2) is 24.7 Å². The van der Waals surface area contributed by atoms with E-state index in [2.05, 4.69) is 5.32 Å². The van der Waals surface area contributed by atoms with Crippen LogP contribution in [0.3, 0.4) is 0 Å². The standard InChI is InChI=1S/C15H17NO3S/c1-10-8-20-9-13(10)15(18)16-7-14(17)11-4-3-5-12(6-11)19-2/h3-6,8-9,14,17H,7H2,1-2H3,(H,16,18). The van der Waals surface area contributed by atoms with Crippen LogP contribution in [0.15, 0.2) is 35.0 Å². The zero-order valence-corrected chi connectivity index (χ0v) is 12.2. The van der Waals surface area contributed by atoms with Crippen LogP contribution in [0, 0.1) is 6.92 Å². The molecule has 0 aliphatic rings. The van der Waals surface area contributed by atoms with Crippen LogP contribution in [0.25, 0.3) is 0 Å². The van der Waals surface area contributed by atoms with E-state index < -0.39 is 6.10 Å². The van der Waals surface area contributed by atoms with Crippen molar-refractivity contribution < 1.29 is 14.6 Å². The fourth-order valence-electron chi connectivity index (χ4n) is 1.84. The lowest BCUT2D eigenvalue weighted by Crippen LogP contribution is -2.28. The van der Waals surface area contributed by atoms with Crippen LogP contribution in [-0.2, 0) is 0 Å². The first kappa shape index (κ1) is 14.6. The summed E-state index contributed by atoms with van der Waals surface area (Å²) in [4.78, 5) is 11.9. The fourth-order valence-corrected chi connectivity index (χ4v) is 2.67. The molecule has 4 nitrogen and oxygen atoms in total. The molecule has 0 aliphatic heterocycles. The van der Waals surface area contributed by atoms with Crippen molar-refractivity contribution >= 4 is 17.2 Å². The third kappa shape index (κ3) is 3.37. The summed E-state index contributed by atoms with van der Waals surface area (Å²) in [6.45, 7) is 2.06. The van der Waals surface area contributed by atoms with Crippen molar-refractivity contribution in [3.05, 3.63) is 51.7 Å². The minimum absolute atomic E-state index is 0.161. The van der Waals surface area contributed by atoms with Gasteiger partial charge in [0.1, 0.15) is 5.75 Å². The predicted molar refractivity (Wildman–Crippen MR) is 79.3 cm³/mol. The van der Waals surface area contributed by atoms with Gasteiger partial charge in [-0.05, 0) is 35.6 Å². The van der Waals surface area contributed by atoms with E-state index in [9.17, 15) is 9.90 Å². The van der Waals surface area contributed by atoms with Crippen molar-refractivity contribution in [1.29, 1.82) is 0 Å². The Labute approximate surface area is 122 Å². The summed E-state index contributed by atoms with van der Waals surface area (Å²) in [6.07, 6.45) is -0.756. The number of thiophene rings is 1. The highest BCUT2D eigenvalue weighted by atomic mass is 32.1. The predicted octanol–water partition coefficient (Wildman–Crippen LogP) is 2.53. The van der Waals surface area contributed by atoms with Crippen molar-refractivity contribution in [3.8, 4) is 5.75 Å². The molecular weight excluding hydrogens is 274 g/mol. The van der Waals surface area contributed by atoms with Crippen LogP contribution in [0.5, 0.6) is 5.75 Å². The molecule has 2 aromatic rings. The number of carbonyl (C=O) groups is 1. The third-order valence-electron chi connectivity index (χ3n) is 3.03. The maximum atomic E-state index is 11.9. The smallest absolute Gasteiger partial charge is 0.252 e. The van der Waals surface area contributed by atoms with E-state index >= 15 is 0 Å². The summed E-state index contributed by atoms with van der Waals surface area (Å²) in [5.41, 5.74) is 2.32. The Hall–Kier alpha value is -1.85. The average Bonchev–Trinajstić information content (AvgIpc) is 2.90. The van der Waals surface area contributed by atoms with E-state index in [0.717, 1.165) is 5.56 Å². The minimum atomic E-state index is -0.756. The minimum Gasteiger partial charge on any atom is -0.497 e. The number of aryl methyl sites for hydroxylation is 1. The summed E-state index contributed by atoms with van der Waals surface area (Å²) < 4.78 is 5.11. The molecule has 0 saturated heterocycles. The molecule has 1 aromatic carbocycles. The fraction of sp³-hybridized carbons (Fsp3) is 0.267. The quantitative estimate of drug-likeness (QED) is 0.890. The van der Waals surface area contributed by atoms with Crippen LogP contribution in [0.4, 0.5) is 0 Å². The lowest BCUT2D eigenvalue weighted by atomic mass is 10.1. The largest absolute Gasteiger partial charge is 0.497 e. The second-order valence-corrected chi connectivity index (χ2v) is 5.21. The number of ether oxygens (including phenoxy) is 1. The number of rotatable bonds is 5. The van der Waals surface area contributed by atoms with E-state index in [1.807, 2.05) is 29.8 Å². The number of carbonyl (C=O) groups excluding carboxylic acids is 1. The molecule has 2 rings (SSSR count). The second-order valence-electron chi connectivity index (χ2n) is 4.47. The molecule has 2 N–H and O–H groups in total. The molecule has 20 heavy (non-hydrogen) atoms. The average molecular weight is 291 g/mol. The maximum Gasteiger partial charge on any atom is 0.252 e. The highest BCUT2D eigenvalue weighted by Crippen LogP contribution is 2.19. The monoisotopic (exact) mass is 291 g/mol. The van der Waals surface area contributed by atoms with Gasteiger partial charge in [0.25, 0.3) is 5.91 Å². The third-order valence-corrected chi connectivity index (χ3v) is 3.90. The lowest BCUT2D eigenvalue weighted by Gasteiger charge is -2.13. The normalized spacial score (nSPS) is 11.9. The van der Waals surface area contributed by atoms with Gasteiger partial charge in [0.15, 0.2) is 0 Å². The molecule has 1 atom stereocenters. The van der Waals surface area contributed by atoms with Gasteiger partial charge >= 0.3 is 0 Å². The number of amides is 1. The van der Waals surface area contributed by atoms with Gasteiger partial charge in [0, 0.05) is 11.9 Å². The van der Waals surface area contributed by atoms with Crippen LogP contribution in [0.2, 0.25) is 0 Å². The first-order valence-electron chi connectivity index (χ1n) is 6.25. The van der Waals surface area contributed by atoms with Gasteiger partial charge < -0.3 is 15.2 Å². The number of nitrogens with one attached hydrogen (secondary N) is 1. The van der Waals surface area contributed by atoms with Crippen molar-refractivity contribution in [1.82, 2.24) is 5.32 Å². The molecule has 1 aromatic heterocycles. The zero-order chi connectivity index (χ0) is 14.5. The van der Waals surface area contributed by atoms with Crippen LogP contribution in [0.1, 0.15) is 27.6 Å². The van der Waals surface area contributed by atoms with Crippen molar-refractivity contribution in [3.63, 3.8) is 0 Å². The number of hydrogen-bond donors (Lipinski definition) is 2. The Balaban J connectivity index is 1.96. The first-order valence-corrected chi connectivity index (χ1v) is 7.19. The molecule has 0 radical (unpaired) electrons. The SMILES string of the molecule is COc1cccc(C(O)CNC(=O)c2cscc2C)c1. The van der Waals surface area contributed by atoms with Gasteiger partial charge in [0.2, 0.25) is 0 Å². The molecule has 0 aliphatic carbocycles. The Kier molecular flexibility index (Phi) is 4.76. The molecule has 1 heterocycles. The lowest BCUT2D eigenvalue weighted by molar-refractivity contribution is 0.0916. The van der Waals surface area contributed by atoms with Crippen LogP contribution >= 0.6 is 11.3 Å². The number of methoxy groups -OCH3 is 1. The summed E-state index contributed by atoms with van der Waals surface area (Å²) >= 11 is 1.49. The van der Waals surface area contributed by atoms with E-state index in [4.69, 9.17) is 4.74 Å². The summed E-state index contributed by atoms with van der Waals surface area (Å²) in [7, 11) is 1.58. The summed E-state index contributed by atoms with van der Waals surface area (Å²) in [6, 6.07) is 7.17. The molecule has 0 saturated carbocycles. The molecule has 5 heteroatoms. The molecular formula is C15H17NO3S. The van der Waals surface area contributed by atoms with E-state index in [0.29, 0.717) is 16.9 Å². The zero-order valence-electron chi connectivity index (χ0n) is 11.4. The highest BCUT2D eigenvalue weighted by Gasteiger charge is 2.13. The van der Waals surface area contributed by atoms with Crippen molar-refractivity contribution in [2.45, 2.75) is 13.0 Å². The Morgan fingerprint density at radius 3 is 2.90 bits per heavy atom. The van der Waals surface area contributed by atoms with Gasteiger partial charge in [-0.1, -0.05) is 12.1 Å². The van der Waals surface area contributed by atoms with Gasteiger partial charge in [0.05, 0.1) is 18.8 Å². The Morgan fingerprint density at radius 2 is 2.25 bits per heavy atom. The Morgan fingerprint density at radius 1 is 1.45 bits per heavy atom. The van der Waals surface area contributed by atoms with Gasteiger partial charge in [-0.2, -0.15) is 11.3 Å². The first-order chi connectivity index (χ1) is 9.61. The second kappa shape index (κ2) is 6.54. The van der Waals surface area contributed by atoms with Gasteiger partial charge in [-0.15, -0.1) is 0 Å². The molecule has 1 amide bonds. The van der Waals surface area contributed by atoms with Gasteiger partial charge in [-0.25, -0.2) is 0 Å². The van der Waals surface area contributed by atoms with E-state index in [1.165, 1.54) is 11.3 Å². The highest BCUT2D eigenvalue weighted by molar-refractivity contribution is 7.08. The molecule has 0 bridgehead atoms. The van der Waals surface area contributed by atoms with Crippen LogP contribution < -0.4 is 10.1 Å². The van der Waals surface area contributed by atoms with Crippen molar-refractivity contribution in [2.75, 3.05) is 13.7 Å². The van der Waals surface area contributed by atoms with E-state index in [-0.39, 0.29) is 12.5 Å². The van der Waals surface area contributed by atoms with E-state index in [1.54, 1.807) is 19.2 Å². The number of benzene rings is 1. The molecule has 0 fully saturated rings. The van der Waals surface area contributed by atoms with Crippen molar-refractivity contribution in [2.24, 2.45) is 0 Å². The Bertz CT molecular complexity index is 594. The summed E-state index contributed by atoms with van der Waals surface area (Å²) in [5, 5.41) is 16.6. The molecule has 0 spiro atoms.